The second kappa shape index (κ2) is 4.48. The summed E-state index contributed by atoms with van der Waals surface area (Å²) >= 11 is 3.11. The number of rotatable bonds is 2. The largest absolute Gasteiger partial charge is 0.416 e. The molecule has 0 fully saturated rings. The van der Waals surface area contributed by atoms with Crippen LogP contribution in [0.15, 0.2) is 27.1 Å². The molecule has 3 N–H and O–H groups in total. The molecule has 0 bridgehead atoms. The van der Waals surface area contributed by atoms with E-state index in [2.05, 4.69) is 31.4 Å². The van der Waals surface area contributed by atoms with Crippen LogP contribution in [-0.4, -0.2) is 10.2 Å². The number of hydrogen-bond donors (Lipinski definition) is 2. The quantitative estimate of drug-likeness (QED) is 0.888. The minimum absolute atomic E-state index is 0.0903. The van der Waals surface area contributed by atoms with Crippen molar-refractivity contribution in [2.24, 2.45) is 0 Å². The Balaban J connectivity index is 2.32. The summed E-state index contributed by atoms with van der Waals surface area (Å²) in [6.45, 7) is 0. The third kappa shape index (κ3) is 2.73. The molecule has 0 aliphatic heterocycles. The van der Waals surface area contributed by atoms with Crippen LogP contribution in [0, 0.1) is 0 Å². The van der Waals surface area contributed by atoms with Crippen LogP contribution in [0.3, 0.4) is 0 Å². The normalized spacial score (nSPS) is 11.6. The zero-order valence-corrected chi connectivity index (χ0v) is 10.2. The van der Waals surface area contributed by atoms with Gasteiger partial charge in [-0.25, -0.2) is 0 Å². The zero-order chi connectivity index (χ0) is 13.3. The molecule has 0 aliphatic carbocycles. The first-order valence-corrected chi connectivity index (χ1v) is 5.38. The first-order chi connectivity index (χ1) is 8.36. The molecule has 96 valence electrons. The Morgan fingerprint density at radius 2 is 2.00 bits per heavy atom. The van der Waals surface area contributed by atoms with Crippen LogP contribution in [0.2, 0.25) is 0 Å². The fourth-order valence-corrected chi connectivity index (χ4v) is 1.54. The SMILES string of the molecule is Nc1nnc(Nc2cc(C(F)(F)F)ccc2Br)o1. The molecular formula is C9H6BrF3N4O. The van der Waals surface area contributed by atoms with Gasteiger partial charge in [-0.1, -0.05) is 10.2 Å². The van der Waals surface area contributed by atoms with Gasteiger partial charge in [-0.05, 0) is 34.1 Å². The number of nitrogen functional groups attached to an aromatic ring is 1. The topological polar surface area (TPSA) is 77.0 Å². The first-order valence-electron chi connectivity index (χ1n) is 4.59. The van der Waals surface area contributed by atoms with Crippen LogP contribution in [0.25, 0.3) is 0 Å². The lowest BCUT2D eigenvalue weighted by Gasteiger charge is -2.10. The molecule has 0 amide bonds. The standard InChI is InChI=1S/C9H6BrF3N4O/c10-5-2-1-4(9(11,12)13)3-6(5)15-8-17-16-7(14)18-8/h1-3H,(H2,14,16)(H,15,17). The summed E-state index contributed by atoms with van der Waals surface area (Å²) in [6, 6.07) is 2.88. The molecule has 1 aromatic heterocycles. The van der Waals surface area contributed by atoms with E-state index in [1.807, 2.05) is 0 Å². The first kappa shape index (κ1) is 12.7. The van der Waals surface area contributed by atoms with Crippen molar-refractivity contribution < 1.29 is 17.6 Å². The molecule has 0 unspecified atom stereocenters. The Morgan fingerprint density at radius 3 is 2.56 bits per heavy atom. The van der Waals surface area contributed by atoms with E-state index < -0.39 is 11.7 Å². The van der Waals surface area contributed by atoms with Crippen LogP contribution < -0.4 is 11.1 Å². The highest BCUT2D eigenvalue weighted by molar-refractivity contribution is 9.10. The minimum atomic E-state index is -4.43. The van der Waals surface area contributed by atoms with Crippen LogP contribution in [0.1, 0.15) is 5.56 Å². The van der Waals surface area contributed by atoms with Crippen molar-refractivity contribution >= 4 is 33.6 Å². The third-order valence-corrected chi connectivity index (χ3v) is 2.67. The number of nitrogens with one attached hydrogen (secondary N) is 1. The van der Waals surface area contributed by atoms with Gasteiger partial charge in [0, 0.05) is 4.47 Å². The molecule has 9 heteroatoms. The van der Waals surface area contributed by atoms with Gasteiger partial charge in [-0.15, -0.1) is 0 Å². The number of hydrogen-bond acceptors (Lipinski definition) is 5. The smallest absolute Gasteiger partial charge is 0.389 e. The predicted octanol–water partition coefficient (Wildman–Crippen LogP) is 3.18. The van der Waals surface area contributed by atoms with Gasteiger partial charge in [-0.2, -0.15) is 13.2 Å². The maximum absolute atomic E-state index is 12.5. The number of anilines is 3. The van der Waals surface area contributed by atoms with Crippen molar-refractivity contribution in [1.29, 1.82) is 0 Å². The van der Waals surface area contributed by atoms with Gasteiger partial charge in [0.25, 0.3) is 0 Å². The number of nitrogens with zero attached hydrogens (tertiary/aromatic N) is 2. The van der Waals surface area contributed by atoms with Gasteiger partial charge in [0.1, 0.15) is 0 Å². The van der Waals surface area contributed by atoms with E-state index in [1.165, 1.54) is 6.07 Å². The number of benzene rings is 1. The van der Waals surface area contributed by atoms with E-state index in [0.717, 1.165) is 12.1 Å². The van der Waals surface area contributed by atoms with E-state index >= 15 is 0 Å². The fraction of sp³-hybridized carbons (Fsp3) is 0.111. The lowest BCUT2D eigenvalue weighted by Crippen LogP contribution is -2.05. The Morgan fingerprint density at radius 1 is 1.28 bits per heavy atom. The highest BCUT2D eigenvalue weighted by Crippen LogP contribution is 2.34. The van der Waals surface area contributed by atoms with Crippen molar-refractivity contribution in [3.05, 3.63) is 28.2 Å². The van der Waals surface area contributed by atoms with E-state index in [9.17, 15) is 13.2 Å². The van der Waals surface area contributed by atoms with E-state index in [4.69, 9.17) is 10.2 Å². The van der Waals surface area contributed by atoms with Crippen LogP contribution in [0.4, 0.5) is 30.9 Å². The maximum atomic E-state index is 12.5. The second-order valence-corrected chi connectivity index (χ2v) is 4.12. The monoisotopic (exact) mass is 322 g/mol. The highest BCUT2D eigenvalue weighted by Gasteiger charge is 2.31. The number of aromatic nitrogens is 2. The predicted molar refractivity (Wildman–Crippen MR) is 61.1 cm³/mol. The Kier molecular flexibility index (Phi) is 3.16. The third-order valence-electron chi connectivity index (χ3n) is 1.98. The summed E-state index contributed by atoms with van der Waals surface area (Å²) in [4.78, 5) is 0. The second-order valence-electron chi connectivity index (χ2n) is 3.26. The van der Waals surface area contributed by atoms with Crippen molar-refractivity contribution in [3.8, 4) is 0 Å². The Labute approximate surface area is 107 Å². The molecule has 2 rings (SSSR count). The van der Waals surface area contributed by atoms with Crippen molar-refractivity contribution in [2.45, 2.75) is 6.18 Å². The molecule has 0 saturated heterocycles. The fourth-order valence-electron chi connectivity index (χ4n) is 1.20. The summed E-state index contributed by atoms with van der Waals surface area (Å²) < 4.78 is 42.8. The summed E-state index contributed by atoms with van der Waals surface area (Å²) in [6.07, 6.45) is -4.43. The molecule has 1 aromatic carbocycles. The average molecular weight is 323 g/mol. The summed E-state index contributed by atoms with van der Waals surface area (Å²) in [5.41, 5.74) is 4.55. The van der Waals surface area contributed by atoms with Gasteiger partial charge in [0.05, 0.1) is 11.3 Å². The van der Waals surface area contributed by atoms with Crippen LogP contribution in [-0.2, 0) is 6.18 Å². The molecule has 2 aromatic rings. The van der Waals surface area contributed by atoms with Gasteiger partial charge in [-0.3, -0.25) is 0 Å². The van der Waals surface area contributed by atoms with Gasteiger partial charge in [0.2, 0.25) is 0 Å². The Bertz CT molecular complexity index is 569. The minimum Gasteiger partial charge on any atom is -0.389 e. The Hall–Kier alpha value is -1.77. The summed E-state index contributed by atoms with van der Waals surface area (Å²) in [5.74, 6) is 0. The highest BCUT2D eigenvalue weighted by atomic mass is 79.9. The molecule has 1 heterocycles. The van der Waals surface area contributed by atoms with Crippen LogP contribution in [0.5, 0.6) is 0 Å². The van der Waals surface area contributed by atoms with E-state index in [1.54, 1.807) is 0 Å². The van der Waals surface area contributed by atoms with E-state index in [0.29, 0.717) is 4.47 Å². The summed E-state index contributed by atoms with van der Waals surface area (Å²) in [5, 5.41) is 9.40. The molecule has 5 nitrogen and oxygen atoms in total. The van der Waals surface area contributed by atoms with Gasteiger partial charge < -0.3 is 15.5 Å². The van der Waals surface area contributed by atoms with Crippen molar-refractivity contribution in [1.82, 2.24) is 10.2 Å². The zero-order valence-electron chi connectivity index (χ0n) is 8.62. The van der Waals surface area contributed by atoms with Crippen molar-refractivity contribution in [2.75, 3.05) is 11.1 Å². The molecule has 0 radical (unpaired) electrons. The molecule has 0 aliphatic rings. The maximum Gasteiger partial charge on any atom is 0.416 e. The average Bonchev–Trinajstić information content (AvgIpc) is 2.66. The number of halogens is 4. The van der Waals surface area contributed by atoms with Gasteiger partial charge >= 0.3 is 18.2 Å². The van der Waals surface area contributed by atoms with Crippen molar-refractivity contribution in [3.63, 3.8) is 0 Å². The van der Waals surface area contributed by atoms with Crippen LogP contribution >= 0.6 is 15.9 Å². The molecule has 18 heavy (non-hydrogen) atoms. The lowest BCUT2D eigenvalue weighted by atomic mass is 10.2. The number of alkyl halides is 3. The summed E-state index contributed by atoms with van der Waals surface area (Å²) in [7, 11) is 0. The lowest BCUT2D eigenvalue weighted by molar-refractivity contribution is -0.137. The molecule has 0 atom stereocenters. The molecule has 0 saturated carbocycles. The molecule has 0 spiro atoms. The number of nitrogens with two attached hydrogens (primary N) is 1. The molecular weight excluding hydrogens is 317 g/mol. The van der Waals surface area contributed by atoms with E-state index in [-0.39, 0.29) is 17.7 Å². The van der Waals surface area contributed by atoms with Gasteiger partial charge in [0.15, 0.2) is 0 Å².